The van der Waals surface area contributed by atoms with E-state index in [1.54, 1.807) is 27.7 Å². The van der Waals surface area contributed by atoms with Crippen LogP contribution in [0.25, 0.3) is 0 Å². The van der Waals surface area contributed by atoms with Gasteiger partial charge in [-0.2, -0.15) is 0 Å². The van der Waals surface area contributed by atoms with Crippen LogP contribution >= 0.6 is 11.6 Å². The van der Waals surface area contributed by atoms with E-state index in [0.717, 1.165) is 4.90 Å². The third-order valence-electron chi connectivity index (χ3n) is 3.16. The van der Waals surface area contributed by atoms with Gasteiger partial charge in [-0.15, -0.1) is 0 Å². The molecule has 1 amide bonds. The molecule has 0 N–H and O–H groups in total. The zero-order chi connectivity index (χ0) is 18.7. The highest BCUT2D eigenvalue weighted by Gasteiger charge is 2.40. The van der Waals surface area contributed by atoms with Crippen molar-refractivity contribution in [3.8, 4) is 0 Å². The first-order chi connectivity index (χ1) is 10.9. The van der Waals surface area contributed by atoms with Crippen LogP contribution in [0.3, 0.4) is 0 Å². The van der Waals surface area contributed by atoms with Crippen molar-refractivity contribution in [1.29, 1.82) is 0 Å². The molecule has 8 heteroatoms. The van der Waals surface area contributed by atoms with Gasteiger partial charge in [0.1, 0.15) is 11.4 Å². The minimum Gasteiger partial charge on any atom is -0.444 e. The average Bonchev–Trinajstić information content (AvgIpc) is 2.56. The number of alkyl halides is 2. The standard InChI is InChI=1S/C16H24ClF2N3O2/c1-11(2)12(17)13(20-6)21-7-8-22(10-16(18,19)9-21)14(23)24-15(3,4)5/h1,6-10H2,2-5H3/b13-12-. The number of hydrogen-bond acceptors (Lipinski definition) is 4. The van der Waals surface area contributed by atoms with Gasteiger partial charge in [0.05, 0.1) is 18.1 Å². The minimum absolute atomic E-state index is 0.0594. The fraction of sp³-hybridized carbons (Fsp3) is 0.625. The molecule has 0 radical (unpaired) electrons. The highest BCUT2D eigenvalue weighted by molar-refractivity contribution is 6.32. The van der Waals surface area contributed by atoms with Gasteiger partial charge in [0.15, 0.2) is 0 Å². The van der Waals surface area contributed by atoms with E-state index >= 15 is 0 Å². The Morgan fingerprint density at radius 2 is 1.75 bits per heavy atom. The second-order valence-electron chi connectivity index (χ2n) is 6.76. The van der Waals surface area contributed by atoms with E-state index in [1.165, 1.54) is 4.90 Å². The summed E-state index contributed by atoms with van der Waals surface area (Å²) in [5.41, 5.74) is -0.259. The first kappa shape index (κ1) is 20.4. The van der Waals surface area contributed by atoms with Gasteiger partial charge >= 0.3 is 6.09 Å². The predicted octanol–water partition coefficient (Wildman–Crippen LogP) is 3.86. The van der Waals surface area contributed by atoms with Gasteiger partial charge in [-0.05, 0) is 40.0 Å². The fourth-order valence-electron chi connectivity index (χ4n) is 2.17. The molecular weight excluding hydrogens is 340 g/mol. The third kappa shape index (κ3) is 5.78. The lowest BCUT2D eigenvalue weighted by Gasteiger charge is -2.27. The van der Waals surface area contributed by atoms with Crippen LogP contribution in [0, 0.1) is 0 Å². The molecule has 1 aliphatic heterocycles. The van der Waals surface area contributed by atoms with Crippen molar-refractivity contribution in [3.63, 3.8) is 0 Å². The highest BCUT2D eigenvalue weighted by Crippen LogP contribution is 2.28. The fourth-order valence-corrected chi connectivity index (χ4v) is 2.35. The number of amides is 1. The first-order valence-electron chi connectivity index (χ1n) is 7.49. The molecule has 1 saturated heterocycles. The van der Waals surface area contributed by atoms with Crippen LogP contribution in [-0.4, -0.2) is 60.3 Å². The molecule has 0 aliphatic carbocycles. The molecule has 0 aromatic heterocycles. The van der Waals surface area contributed by atoms with Crippen molar-refractivity contribution in [2.24, 2.45) is 4.99 Å². The number of rotatable bonds is 3. The number of carbonyl (C=O) groups is 1. The second kappa shape index (κ2) is 7.51. The number of ether oxygens (including phenoxy) is 1. The monoisotopic (exact) mass is 363 g/mol. The zero-order valence-electron chi connectivity index (χ0n) is 14.5. The molecule has 0 aromatic rings. The van der Waals surface area contributed by atoms with Crippen LogP contribution in [0.1, 0.15) is 27.7 Å². The largest absolute Gasteiger partial charge is 0.444 e. The van der Waals surface area contributed by atoms with Crippen molar-refractivity contribution in [2.75, 3.05) is 26.2 Å². The van der Waals surface area contributed by atoms with E-state index in [4.69, 9.17) is 16.3 Å². The quantitative estimate of drug-likeness (QED) is 0.565. The SMILES string of the molecule is C=N/C(=C(/Cl)C(=C)C)N1CCN(C(=O)OC(C)(C)C)CC(F)(F)C1. The normalized spacial score (nSPS) is 19.3. The first-order valence-corrected chi connectivity index (χ1v) is 7.87. The topological polar surface area (TPSA) is 45.1 Å². The lowest BCUT2D eigenvalue weighted by atomic mass is 10.2. The lowest BCUT2D eigenvalue weighted by Crippen LogP contribution is -2.43. The van der Waals surface area contributed by atoms with Crippen LogP contribution < -0.4 is 0 Å². The highest BCUT2D eigenvalue weighted by atomic mass is 35.5. The van der Waals surface area contributed by atoms with Gasteiger partial charge in [0, 0.05) is 13.1 Å². The molecule has 0 spiro atoms. The summed E-state index contributed by atoms with van der Waals surface area (Å²) in [5.74, 6) is -3.01. The number of nitrogens with zero attached hydrogens (tertiary/aromatic N) is 3. The summed E-state index contributed by atoms with van der Waals surface area (Å²) in [7, 11) is 0. The molecule has 1 aliphatic rings. The lowest BCUT2D eigenvalue weighted by molar-refractivity contribution is -0.0406. The zero-order valence-corrected chi connectivity index (χ0v) is 15.3. The Bertz CT molecular complexity index is 556. The molecule has 1 rings (SSSR count). The van der Waals surface area contributed by atoms with Crippen molar-refractivity contribution < 1.29 is 18.3 Å². The van der Waals surface area contributed by atoms with Crippen molar-refractivity contribution in [1.82, 2.24) is 9.80 Å². The molecule has 136 valence electrons. The van der Waals surface area contributed by atoms with E-state index in [2.05, 4.69) is 18.3 Å². The molecule has 5 nitrogen and oxygen atoms in total. The van der Waals surface area contributed by atoms with Crippen LogP contribution in [0.5, 0.6) is 0 Å². The average molecular weight is 364 g/mol. The Morgan fingerprint density at radius 3 is 2.21 bits per heavy atom. The summed E-state index contributed by atoms with van der Waals surface area (Å²) in [4.78, 5) is 18.2. The Morgan fingerprint density at radius 1 is 1.25 bits per heavy atom. The Hall–Kier alpha value is -1.63. The van der Waals surface area contributed by atoms with E-state index < -0.39 is 30.7 Å². The molecule has 24 heavy (non-hydrogen) atoms. The number of hydrogen-bond donors (Lipinski definition) is 0. The van der Waals surface area contributed by atoms with Crippen LogP contribution in [0.2, 0.25) is 0 Å². The van der Waals surface area contributed by atoms with E-state index in [1.807, 2.05) is 0 Å². The number of carbonyl (C=O) groups excluding carboxylic acids is 1. The summed E-state index contributed by atoms with van der Waals surface area (Å²) in [5, 5.41) is 0.173. The summed E-state index contributed by atoms with van der Waals surface area (Å²) in [6.45, 7) is 12.6. The molecule has 0 atom stereocenters. The van der Waals surface area contributed by atoms with Crippen LogP contribution in [0.15, 0.2) is 28.0 Å². The number of halogens is 3. The Labute approximate surface area is 146 Å². The smallest absolute Gasteiger partial charge is 0.410 e. The third-order valence-corrected chi connectivity index (χ3v) is 3.65. The van der Waals surface area contributed by atoms with Gasteiger partial charge in [-0.1, -0.05) is 18.2 Å². The summed E-state index contributed by atoms with van der Waals surface area (Å²) in [6.07, 6.45) is -0.771. The van der Waals surface area contributed by atoms with Crippen molar-refractivity contribution in [2.45, 2.75) is 39.2 Å². The summed E-state index contributed by atoms with van der Waals surface area (Å²) in [6, 6.07) is 0. The molecule has 0 aromatic carbocycles. The van der Waals surface area contributed by atoms with E-state index in [-0.39, 0.29) is 23.9 Å². The number of allylic oxidation sites excluding steroid dienone is 2. The maximum Gasteiger partial charge on any atom is 0.410 e. The molecule has 0 unspecified atom stereocenters. The van der Waals surface area contributed by atoms with Crippen LogP contribution in [0.4, 0.5) is 13.6 Å². The van der Waals surface area contributed by atoms with Crippen molar-refractivity contribution >= 4 is 24.4 Å². The molecule has 0 saturated carbocycles. The van der Waals surface area contributed by atoms with Crippen molar-refractivity contribution in [3.05, 3.63) is 23.0 Å². The summed E-state index contributed by atoms with van der Waals surface area (Å²) >= 11 is 6.10. The molecule has 1 heterocycles. The second-order valence-corrected chi connectivity index (χ2v) is 7.13. The van der Waals surface area contributed by atoms with Gasteiger partial charge in [-0.3, -0.25) is 0 Å². The van der Waals surface area contributed by atoms with E-state index in [0.29, 0.717) is 5.57 Å². The van der Waals surface area contributed by atoms with Gasteiger partial charge in [0.25, 0.3) is 5.92 Å². The molecule has 1 fully saturated rings. The molecule has 0 bridgehead atoms. The minimum atomic E-state index is -3.14. The molecular formula is C16H24ClF2N3O2. The van der Waals surface area contributed by atoms with Gasteiger partial charge in [0.2, 0.25) is 0 Å². The van der Waals surface area contributed by atoms with E-state index in [9.17, 15) is 13.6 Å². The maximum atomic E-state index is 14.3. The Kier molecular flexibility index (Phi) is 6.38. The van der Waals surface area contributed by atoms with Crippen LogP contribution in [-0.2, 0) is 4.74 Å². The summed E-state index contributed by atoms with van der Waals surface area (Å²) < 4.78 is 33.7. The number of aliphatic imine (C=N–C) groups is 1. The maximum absolute atomic E-state index is 14.3. The Balaban J connectivity index is 3.03. The van der Waals surface area contributed by atoms with Gasteiger partial charge in [-0.25, -0.2) is 18.6 Å². The predicted molar refractivity (Wildman–Crippen MR) is 91.6 cm³/mol. The van der Waals surface area contributed by atoms with Gasteiger partial charge < -0.3 is 14.5 Å².